The Balaban J connectivity index is 1.91. The van der Waals surface area contributed by atoms with E-state index in [-0.39, 0.29) is 5.97 Å². The molecule has 4 heteroatoms. The molecule has 0 aliphatic carbocycles. The average Bonchev–Trinajstić information content (AvgIpc) is 2.73. The number of pyridine rings is 1. The van der Waals surface area contributed by atoms with E-state index in [1.54, 1.807) is 0 Å². The van der Waals surface area contributed by atoms with Crippen molar-refractivity contribution in [1.82, 2.24) is 4.98 Å². The molecule has 1 heterocycles. The number of carbonyl (C=O) groups is 1. The SMILES string of the molecule is CCc1ccc(OC(=O)c2c(C)c(-c3cccc(Cl)c3)nc3c(C)cc(C)cc23)cc1. The second-order valence-corrected chi connectivity index (χ2v) is 8.27. The number of benzene rings is 3. The Labute approximate surface area is 187 Å². The monoisotopic (exact) mass is 429 g/mol. The van der Waals surface area contributed by atoms with E-state index in [9.17, 15) is 4.79 Å². The van der Waals surface area contributed by atoms with Gasteiger partial charge < -0.3 is 4.74 Å². The van der Waals surface area contributed by atoms with Gasteiger partial charge in [-0.15, -0.1) is 0 Å². The van der Waals surface area contributed by atoms with E-state index >= 15 is 0 Å². The Morgan fingerprint density at radius 2 is 1.74 bits per heavy atom. The van der Waals surface area contributed by atoms with Crippen LogP contribution >= 0.6 is 11.6 Å². The van der Waals surface area contributed by atoms with Crippen LogP contribution in [0, 0.1) is 20.8 Å². The van der Waals surface area contributed by atoms with Crippen molar-refractivity contribution in [2.45, 2.75) is 34.1 Å². The van der Waals surface area contributed by atoms with Gasteiger partial charge in [-0.3, -0.25) is 0 Å². The summed E-state index contributed by atoms with van der Waals surface area (Å²) in [5, 5.41) is 1.43. The summed E-state index contributed by atoms with van der Waals surface area (Å²) < 4.78 is 5.79. The third-order valence-corrected chi connectivity index (χ3v) is 5.75. The van der Waals surface area contributed by atoms with Crippen molar-refractivity contribution in [3.05, 3.63) is 93.5 Å². The first-order chi connectivity index (χ1) is 14.9. The molecule has 1 aromatic heterocycles. The summed E-state index contributed by atoms with van der Waals surface area (Å²) in [5.41, 5.74) is 6.98. The van der Waals surface area contributed by atoms with Gasteiger partial charge in [0.25, 0.3) is 0 Å². The Kier molecular flexibility index (Phi) is 5.79. The van der Waals surface area contributed by atoms with Crippen LogP contribution in [0.25, 0.3) is 22.2 Å². The average molecular weight is 430 g/mol. The molecule has 4 rings (SSSR count). The molecule has 156 valence electrons. The van der Waals surface area contributed by atoms with Gasteiger partial charge in [0, 0.05) is 16.0 Å². The molecule has 0 bridgehead atoms. The van der Waals surface area contributed by atoms with Crippen LogP contribution in [0.1, 0.15) is 39.5 Å². The van der Waals surface area contributed by atoms with Crippen molar-refractivity contribution in [2.75, 3.05) is 0 Å². The summed E-state index contributed by atoms with van der Waals surface area (Å²) in [4.78, 5) is 18.3. The normalized spacial score (nSPS) is 11.0. The van der Waals surface area contributed by atoms with Gasteiger partial charge in [0.05, 0.1) is 16.8 Å². The first-order valence-electron chi connectivity index (χ1n) is 10.4. The maximum atomic E-state index is 13.4. The molecule has 0 radical (unpaired) electrons. The predicted molar refractivity (Wildman–Crippen MR) is 127 cm³/mol. The highest BCUT2D eigenvalue weighted by atomic mass is 35.5. The second-order valence-electron chi connectivity index (χ2n) is 7.84. The smallest absolute Gasteiger partial charge is 0.344 e. The number of nitrogens with zero attached hydrogens (tertiary/aromatic N) is 1. The molecule has 0 spiro atoms. The van der Waals surface area contributed by atoms with Gasteiger partial charge in [0.1, 0.15) is 5.75 Å². The van der Waals surface area contributed by atoms with Crippen molar-refractivity contribution in [3.8, 4) is 17.0 Å². The van der Waals surface area contributed by atoms with Crippen LogP contribution in [0.15, 0.2) is 60.7 Å². The number of esters is 1. The Morgan fingerprint density at radius 1 is 1.00 bits per heavy atom. The summed E-state index contributed by atoms with van der Waals surface area (Å²) in [6.07, 6.45) is 0.934. The van der Waals surface area contributed by atoms with Crippen LogP contribution in [0.5, 0.6) is 5.75 Å². The van der Waals surface area contributed by atoms with Crippen molar-refractivity contribution in [1.29, 1.82) is 0 Å². The fourth-order valence-corrected chi connectivity index (χ4v) is 4.14. The fraction of sp³-hybridized carbons (Fsp3) is 0.185. The molecule has 0 N–H and O–H groups in total. The van der Waals surface area contributed by atoms with Crippen LogP contribution in [0.2, 0.25) is 5.02 Å². The highest BCUT2D eigenvalue weighted by molar-refractivity contribution is 6.30. The molecule has 0 aliphatic rings. The van der Waals surface area contributed by atoms with Gasteiger partial charge in [0.15, 0.2) is 0 Å². The lowest BCUT2D eigenvalue weighted by atomic mass is 9.95. The van der Waals surface area contributed by atoms with Crippen molar-refractivity contribution >= 4 is 28.5 Å². The number of ether oxygens (including phenoxy) is 1. The van der Waals surface area contributed by atoms with Crippen LogP contribution < -0.4 is 4.74 Å². The van der Waals surface area contributed by atoms with E-state index in [1.165, 1.54) is 5.56 Å². The van der Waals surface area contributed by atoms with Crippen molar-refractivity contribution in [2.24, 2.45) is 0 Å². The van der Waals surface area contributed by atoms with Crippen LogP contribution in [-0.2, 0) is 6.42 Å². The topological polar surface area (TPSA) is 39.2 Å². The molecule has 0 saturated heterocycles. The van der Waals surface area contributed by atoms with Gasteiger partial charge >= 0.3 is 5.97 Å². The molecular formula is C27H24ClNO2. The Bertz CT molecular complexity index is 1290. The van der Waals surface area contributed by atoms with Gasteiger partial charge in [-0.2, -0.15) is 0 Å². The van der Waals surface area contributed by atoms with E-state index in [0.29, 0.717) is 16.3 Å². The highest BCUT2D eigenvalue weighted by Gasteiger charge is 2.22. The molecule has 0 aliphatic heterocycles. The summed E-state index contributed by atoms with van der Waals surface area (Å²) in [5.74, 6) is 0.141. The number of halogens is 1. The third-order valence-electron chi connectivity index (χ3n) is 5.51. The third kappa shape index (κ3) is 4.19. The first kappa shape index (κ1) is 21.1. The molecule has 0 amide bonds. The van der Waals surface area contributed by atoms with E-state index in [2.05, 4.69) is 13.0 Å². The van der Waals surface area contributed by atoms with Gasteiger partial charge in [-0.05, 0) is 74.2 Å². The molecule has 0 atom stereocenters. The van der Waals surface area contributed by atoms with Gasteiger partial charge in [-0.25, -0.2) is 9.78 Å². The van der Waals surface area contributed by atoms with Crippen molar-refractivity contribution < 1.29 is 9.53 Å². The molecule has 3 nitrogen and oxygen atoms in total. The number of aryl methyl sites for hydroxylation is 3. The second kappa shape index (κ2) is 8.52. The maximum absolute atomic E-state index is 13.4. The zero-order valence-corrected chi connectivity index (χ0v) is 18.9. The minimum atomic E-state index is -0.387. The molecule has 31 heavy (non-hydrogen) atoms. The maximum Gasteiger partial charge on any atom is 0.344 e. The minimum Gasteiger partial charge on any atom is -0.423 e. The fourth-order valence-electron chi connectivity index (χ4n) is 3.95. The quantitative estimate of drug-likeness (QED) is 0.253. The summed E-state index contributed by atoms with van der Waals surface area (Å²) in [7, 11) is 0. The number of carbonyl (C=O) groups excluding carboxylic acids is 1. The van der Waals surface area contributed by atoms with E-state index in [1.807, 2.05) is 75.4 Å². The predicted octanol–water partition coefficient (Wildman–Crippen LogP) is 7.26. The summed E-state index contributed by atoms with van der Waals surface area (Å²) in [6.45, 7) is 8.04. The molecule has 4 aromatic rings. The molecule has 0 fully saturated rings. The van der Waals surface area contributed by atoms with Crippen molar-refractivity contribution in [3.63, 3.8) is 0 Å². The first-order valence-corrected chi connectivity index (χ1v) is 10.7. The number of hydrogen-bond donors (Lipinski definition) is 0. The van der Waals surface area contributed by atoms with E-state index in [0.717, 1.165) is 45.3 Å². The standard InChI is InChI=1S/C27H24ClNO2/c1-5-19-9-11-22(12-10-19)31-27(30)24-18(4)26(20-7-6-8-21(28)15-20)29-25-17(3)13-16(2)14-23(24)25/h6-15H,5H2,1-4H3. The lowest BCUT2D eigenvalue weighted by Gasteiger charge is -2.16. The van der Waals surface area contributed by atoms with Crippen LogP contribution in [-0.4, -0.2) is 11.0 Å². The number of aromatic nitrogens is 1. The summed E-state index contributed by atoms with van der Waals surface area (Å²) in [6, 6.07) is 19.2. The Hall–Kier alpha value is -3.17. The minimum absolute atomic E-state index is 0.387. The number of rotatable bonds is 4. The lowest BCUT2D eigenvalue weighted by Crippen LogP contribution is -2.13. The summed E-state index contributed by atoms with van der Waals surface area (Å²) >= 11 is 6.23. The van der Waals surface area contributed by atoms with Crippen LogP contribution in [0.3, 0.4) is 0 Å². The molecule has 0 saturated carbocycles. The van der Waals surface area contributed by atoms with Crippen LogP contribution in [0.4, 0.5) is 0 Å². The van der Waals surface area contributed by atoms with Gasteiger partial charge in [-0.1, -0.05) is 54.4 Å². The molecular weight excluding hydrogens is 406 g/mol. The highest BCUT2D eigenvalue weighted by Crippen LogP contribution is 2.33. The largest absolute Gasteiger partial charge is 0.423 e. The van der Waals surface area contributed by atoms with E-state index < -0.39 is 0 Å². The number of hydrogen-bond acceptors (Lipinski definition) is 3. The Morgan fingerprint density at radius 3 is 2.42 bits per heavy atom. The number of fused-ring (bicyclic) bond motifs is 1. The van der Waals surface area contributed by atoms with E-state index in [4.69, 9.17) is 21.3 Å². The lowest BCUT2D eigenvalue weighted by molar-refractivity contribution is 0.0736. The zero-order valence-electron chi connectivity index (χ0n) is 18.1. The van der Waals surface area contributed by atoms with Gasteiger partial charge in [0.2, 0.25) is 0 Å². The molecule has 0 unspecified atom stereocenters. The molecule has 3 aromatic carbocycles. The zero-order chi connectivity index (χ0) is 22.1.